The summed E-state index contributed by atoms with van der Waals surface area (Å²) in [5, 5.41) is 2.77. The van der Waals surface area contributed by atoms with E-state index in [1.807, 2.05) is 30.3 Å². The predicted molar refractivity (Wildman–Crippen MR) is 72.0 cm³/mol. The van der Waals surface area contributed by atoms with Crippen molar-refractivity contribution in [2.75, 3.05) is 11.1 Å². The van der Waals surface area contributed by atoms with Crippen LogP contribution in [0.2, 0.25) is 0 Å². The molecule has 0 aliphatic rings. The summed E-state index contributed by atoms with van der Waals surface area (Å²) in [5.74, 6) is -0.0359. The van der Waals surface area contributed by atoms with Crippen molar-refractivity contribution in [3.8, 4) is 0 Å². The molecule has 0 atom stereocenters. The van der Waals surface area contributed by atoms with Crippen LogP contribution >= 0.6 is 0 Å². The van der Waals surface area contributed by atoms with E-state index in [0.29, 0.717) is 17.8 Å². The predicted octanol–water partition coefficient (Wildman–Crippen LogP) is 2.24. The smallest absolute Gasteiger partial charge is 0.224 e. The van der Waals surface area contributed by atoms with Crippen LogP contribution in [0.3, 0.4) is 0 Å². The number of hydrogen-bond donors (Lipinski definition) is 2. The topological polar surface area (TPSA) is 68.0 Å². The van der Waals surface area contributed by atoms with Gasteiger partial charge in [-0.1, -0.05) is 30.3 Å². The third-order valence-electron chi connectivity index (χ3n) is 2.53. The molecular weight excluding hydrogens is 226 g/mol. The van der Waals surface area contributed by atoms with E-state index in [2.05, 4.69) is 10.3 Å². The molecule has 92 valence electrons. The van der Waals surface area contributed by atoms with Crippen LogP contribution in [0.25, 0.3) is 0 Å². The normalized spacial score (nSPS) is 10.0. The molecule has 0 aliphatic carbocycles. The van der Waals surface area contributed by atoms with Crippen LogP contribution in [0, 0.1) is 0 Å². The monoisotopic (exact) mass is 241 g/mol. The van der Waals surface area contributed by atoms with Gasteiger partial charge in [-0.2, -0.15) is 0 Å². The molecule has 3 N–H and O–H groups in total. The molecule has 1 heterocycles. The number of carbonyl (C=O) groups excluding carboxylic acids is 1. The molecule has 4 nitrogen and oxygen atoms in total. The van der Waals surface area contributed by atoms with Gasteiger partial charge in [0, 0.05) is 12.6 Å². The highest BCUT2D eigenvalue weighted by Crippen LogP contribution is 2.10. The van der Waals surface area contributed by atoms with E-state index in [0.717, 1.165) is 12.0 Å². The third-order valence-corrected chi connectivity index (χ3v) is 2.53. The Kier molecular flexibility index (Phi) is 3.91. The number of nitrogens with two attached hydrogens (primary N) is 1. The standard InChI is InChI=1S/C14H15N3O/c15-12-8-13(10-16-9-12)17-14(18)7-6-11-4-2-1-3-5-11/h1-5,8-10H,6-7,15H2,(H,17,18). The summed E-state index contributed by atoms with van der Waals surface area (Å²) in [6, 6.07) is 11.6. The van der Waals surface area contributed by atoms with E-state index >= 15 is 0 Å². The van der Waals surface area contributed by atoms with E-state index in [1.165, 1.54) is 0 Å². The second-order valence-electron chi connectivity index (χ2n) is 4.04. The highest BCUT2D eigenvalue weighted by molar-refractivity contribution is 5.91. The van der Waals surface area contributed by atoms with Crippen molar-refractivity contribution in [2.45, 2.75) is 12.8 Å². The van der Waals surface area contributed by atoms with Crippen molar-refractivity contribution < 1.29 is 4.79 Å². The first-order valence-electron chi connectivity index (χ1n) is 5.78. The van der Waals surface area contributed by atoms with Crippen molar-refractivity contribution in [2.24, 2.45) is 0 Å². The summed E-state index contributed by atoms with van der Waals surface area (Å²) in [5.41, 5.74) is 7.91. The fourth-order valence-electron chi connectivity index (χ4n) is 1.65. The average molecular weight is 241 g/mol. The lowest BCUT2D eigenvalue weighted by atomic mass is 10.1. The number of rotatable bonds is 4. The molecule has 1 aromatic carbocycles. The van der Waals surface area contributed by atoms with E-state index in [-0.39, 0.29) is 5.91 Å². The molecule has 0 saturated heterocycles. The number of hydrogen-bond acceptors (Lipinski definition) is 3. The van der Waals surface area contributed by atoms with Crippen molar-refractivity contribution in [1.29, 1.82) is 0 Å². The number of anilines is 2. The summed E-state index contributed by atoms with van der Waals surface area (Å²) < 4.78 is 0. The molecule has 0 unspecified atom stereocenters. The zero-order chi connectivity index (χ0) is 12.8. The Morgan fingerprint density at radius 2 is 2.00 bits per heavy atom. The number of nitrogens with zero attached hydrogens (tertiary/aromatic N) is 1. The van der Waals surface area contributed by atoms with Crippen molar-refractivity contribution in [3.05, 3.63) is 54.4 Å². The maximum absolute atomic E-state index is 11.7. The number of benzene rings is 1. The molecule has 18 heavy (non-hydrogen) atoms. The minimum absolute atomic E-state index is 0.0359. The van der Waals surface area contributed by atoms with Gasteiger partial charge in [-0.15, -0.1) is 0 Å². The van der Waals surface area contributed by atoms with Gasteiger partial charge in [0.15, 0.2) is 0 Å². The minimum Gasteiger partial charge on any atom is -0.397 e. The zero-order valence-corrected chi connectivity index (χ0v) is 9.97. The van der Waals surface area contributed by atoms with Gasteiger partial charge in [-0.3, -0.25) is 9.78 Å². The molecule has 0 saturated carbocycles. The molecule has 2 rings (SSSR count). The largest absolute Gasteiger partial charge is 0.397 e. The van der Waals surface area contributed by atoms with Crippen LogP contribution in [0.5, 0.6) is 0 Å². The fourth-order valence-corrected chi connectivity index (χ4v) is 1.65. The molecule has 0 bridgehead atoms. The average Bonchev–Trinajstić information content (AvgIpc) is 2.38. The van der Waals surface area contributed by atoms with Crippen molar-refractivity contribution >= 4 is 17.3 Å². The van der Waals surface area contributed by atoms with Gasteiger partial charge >= 0.3 is 0 Å². The third kappa shape index (κ3) is 3.59. The molecule has 0 spiro atoms. The molecule has 0 radical (unpaired) electrons. The van der Waals surface area contributed by atoms with Crippen LogP contribution in [0.1, 0.15) is 12.0 Å². The molecule has 4 heteroatoms. The first-order valence-corrected chi connectivity index (χ1v) is 5.78. The van der Waals surface area contributed by atoms with Gasteiger partial charge in [0.25, 0.3) is 0 Å². The molecule has 0 aliphatic heterocycles. The first-order chi connectivity index (χ1) is 8.74. The van der Waals surface area contributed by atoms with Crippen LogP contribution < -0.4 is 11.1 Å². The van der Waals surface area contributed by atoms with Crippen molar-refractivity contribution in [1.82, 2.24) is 4.98 Å². The van der Waals surface area contributed by atoms with Gasteiger partial charge < -0.3 is 11.1 Å². The maximum atomic E-state index is 11.7. The van der Waals surface area contributed by atoms with Crippen LogP contribution in [-0.4, -0.2) is 10.9 Å². The van der Waals surface area contributed by atoms with Crippen LogP contribution in [0.15, 0.2) is 48.8 Å². The fraction of sp³-hybridized carbons (Fsp3) is 0.143. The van der Waals surface area contributed by atoms with E-state index in [4.69, 9.17) is 5.73 Å². The van der Waals surface area contributed by atoms with E-state index < -0.39 is 0 Å². The van der Waals surface area contributed by atoms with Gasteiger partial charge in [0.2, 0.25) is 5.91 Å². The SMILES string of the molecule is Nc1cncc(NC(=O)CCc2ccccc2)c1. The van der Waals surface area contributed by atoms with E-state index in [9.17, 15) is 4.79 Å². The number of pyridine rings is 1. The van der Waals surface area contributed by atoms with Crippen LogP contribution in [0.4, 0.5) is 11.4 Å². The van der Waals surface area contributed by atoms with Gasteiger partial charge in [-0.05, 0) is 18.1 Å². The van der Waals surface area contributed by atoms with Gasteiger partial charge in [0.1, 0.15) is 0 Å². The second-order valence-corrected chi connectivity index (χ2v) is 4.04. The van der Waals surface area contributed by atoms with E-state index in [1.54, 1.807) is 18.5 Å². The summed E-state index contributed by atoms with van der Waals surface area (Å²) in [7, 11) is 0. The van der Waals surface area contributed by atoms with Crippen molar-refractivity contribution in [3.63, 3.8) is 0 Å². The van der Waals surface area contributed by atoms with Gasteiger partial charge in [0.05, 0.1) is 17.6 Å². The van der Waals surface area contributed by atoms with Gasteiger partial charge in [-0.25, -0.2) is 0 Å². The molecular formula is C14H15N3O. The Labute approximate surface area is 106 Å². The Hall–Kier alpha value is -2.36. The lowest BCUT2D eigenvalue weighted by Gasteiger charge is -2.05. The summed E-state index contributed by atoms with van der Waals surface area (Å²) in [6.07, 6.45) is 4.29. The highest BCUT2D eigenvalue weighted by Gasteiger charge is 2.03. The minimum atomic E-state index is -0.0359. The molecule has 1 aromatic heterocycles. The quantitative estimate of drug-likeness (QED) is 0.862. The highest BCUT2D eigenvalue weighted by atomic mass is 16.1. The maximum Gasteiger partial charge on any atom is 0.224 e. The number of nitrogen functional groups attached to an aromatic ring is 1. The summed E-state index contributed by atoms with van der Waals surface area (Å²) >= 11 is 0. The van der Waals surface area contributed by atoms with Crippen LogP contribution in [-0.2, 0) is 11.2 Å². The Balaban J connectivity index is 1.86. The Morgan fingerprint density at radius 3 is 2.72 bits per heavy atom. The number of nitrogens with one attached hydrogen (secondary N) is 1. The summed E-state index contributed by atoms with van der Waals surface area (Å²) in [4.78, 5) is 15.6. The second kappa shape index (κ2) is 5.82. The number of carbonyl (C=O) groups is 1. The summed E-state index contributed by atoms with van der Waals surface area (Å²) in [6.45, 7) is 0. The molecule has 2 aromatic rings. The Bertz CT molecular complexity index is 526. The molecule has 1 amide bonds. The lowest BCUT2D eigenvalue weighted by Crippen LogP contribution is -2.12. The first kappa shape index (κ1) is 12.1. The zero-order valence-electron chi connectivity index (χ0n) is 9.97. The Morgan fingerprint density at radius 1 is 1.22 bits per heavy atom. The number of aromatic nitrogens is 1. The number of amides is 1. The number of aryl methyl sites for hydroxylation is 1. The molecule has 0 fully saturated rings. The lowest BCUT2D eigenvalue weighted by molar-refractivity contribution is -0.116.